The summed E-state index contributed by atoms with van der Waals surface area (Å²) in [5.41, 5.74) is 7.71. The van der Waals surface area contributed by atoms with Crippen LogP contribution in [0.15, 0.2) is 18.3 Å². The van der Waals surface area contributed by atoms with Crippen LogP contribution in [0, 0.1) is 5.92 Å². The zero-order valence-corrected chi connectivity index (χ0v) is 12.5. The molecular weight excluding hydrogens is 252 g/mol. The molecule has 0 aliphatic carbocycles. The molecule has 1 fully saturated rings. The molecule has 2 N–H and O–H groups in total. The zero-order valence-electron chi connectivity index (χ0n) is 12.5. The summed E-state index contributed by atoms with van der Waals surface area (Å²) in [4.78, 5) is 20.0. The van der Waals surface area contributed by atoms with Crippen LogP contribution < -0.4 is 10.6 Å². The number of pyridine rings is 1. The molecular formula is C15H24N4O. The van der Waals surface area contributed by atoms with Gasteiger partial charge in [-0.15, -0.1) is 0 Å². The minimum absolute atomic E-state index is 0.0624. The van der Waals surface area contributed by atoms with E-state index in [4.69, 9.17) is 5.73 Å². The molecule has 1 aliphatic heterocycles. The van der Waals surface area contributed by atoms with Crippen molar-refractivity contribution in [2.45, 2.75) is 25.8 Å². The molecule has 1 saturated heterocycles. The van der Waals surface area contributed by atoms with Crippen LogP contribution in [0.1, 0.15) is 30.3 Å². The van der Waals surface area contributed by atoms with Crippen LogP contribution in [0.4, 0.5) is 5.69 Å². The summed E-state index contributed by atoms with van der Waals surface area (Å²) in [7, 11) is 3.48. The molecule has 2 heterocycles. The summed E-state index contributed by atoms with van der Waals surface area (Å²) in [6.07, 6.45) is 3.80. The van der Waals surface area contributed by atoms with Gasteiger partial charge in [-0.3, -0.25) is 9.78 Å². The van der Waals surface area contributed by atoms with E-state index >= 15 is 0 Å². The van der Waals surface area contributed by atoms with Crippen LogP contribution in [0.25, 0.3) is 0 Å². The molecule has 5 nitrogen and oxygen atoms in total. The molecule has 1 aromatic heterocycles. The summed E-state index contributed by atoms with van der Waals surface area (Å²) in [6.45, 7) is 4.08. The van der Waals surface area contributed by atoms with Crippen molar-refractivity contribution in [2.24, 2.45) is 11.7 Å². The number of carbonyl (C=O) groups excluding carboxylic acids is 1. The van der Waals surface area contributed by atoms with Gasteiger partial charge in [-0.25, -0.2) is 0 Å². The Labute approximate surface area is 120 Å². The quantitative estimate of drug-likeness (QED) is 0.905. The third-order valence-corrected chi connectivity index (χ3v) is 4.05. The molecule has 0 saturated carbocycles. The van der Waals surface area contributed by atoms with Gasteiger partial charge in [-0.1, -0.05) is 13.3 Å². The average molecular weight is 276 g/mol. The van der Waals surface area contributed by atoms with Crippen molar-refractivity contribution in [3.8, 4) is 0 Å². The molecule has 1 amide bonds. The second-order valence-corrected chi connectivity index (χ2v) is 5.67. The predicted octanol–water partition coefficient (Wildman–Crippen LogP) is 1.35. The Bertz CT molecular complexity index is 475. The normalized spacial score (nSPS) is 22.7. The molecule has 2 atom stereocenters. The fourth-order valence-electron chi connectivity index (χ4n) is 2.68. The Hall–Kier alpha value is -1.62. The second-order valence-electron chi connectivity index (χ2n) is 5.67. The van der Waals surface area contributed by atoms with Gasteiger partial charge >= 0.3 is 0 Å². The van der Waals surface area contributed by atoms with Crippen molar-refractivity contribution in [3.63, 3.8) is 0 Å². The predicted molar refractivity (Wildman–Crippen MR) is 80.8 cm³/mol. The molecule has 5 heteroatoms. The number of hydrogen-bond donors (Lipinski definition) is 1. The monoisotopic (exact) mass is 276 g/mol. The standard InChI is InChI=1S/C15H24N4O/c1-4-11-10-19(8-6-13(11)16)12-5-7-17-14(9-12)15(20)18(2)3/h5,7,9,11,13H,4,6,8,10,16H2,1-3H3. The highest BCUT2D eigenvalue weighted by molar-refractivity contribution is 5.92. The smallest absolute Gasteiger partial charge is 0.272 e. The van der Waals surface area contributed by atoms with Crippen molar-refractivity contribution in [1.29, 1.82) is 0 Å². The Morgan fingerprint density at radius 2 is 2.30 bits per heavy atom. The van der Waals surface area contributed by atoms with Gasteiger partial charge in [-0.2, -0.15) is 0 Å². The van der Waals surface area contributed by atoms with E-state index < -0.39 is 0 Å². The first-order valence-corrected chi connectivity index (χ1v) is 7.21. The van der Waals surface area contributed by atoms with Gasteiger partial charge in [0, 0.05) is 45.1 Å². The summed E-state index contributed by atoms with van der Waals surface area (Å²) in [5, 5.41) is 0. The maximum absolute atomic E-state index is 12.0. The van der Waals surface area contributed by atoms with Gasteiger partial charge in [0.05, 0.1) is 0 Å². The van der Waals surface area contributed by atoms with Crippen LogP contribution in [0.2, 0.25) is 0 Å². The Morgan fingerprint density at radius 3 is 2.95 bits per heavy atom. The SMILES string of the molecule is CCC1CN(c2ccnc(C(=O)N(C)C)c2)CCC1N. The second kappa shape index (κ2) is 6.22. The zero-order chi connectivity index (χ0) is 14.7. The minimum atomic E-state index is -0.0624. The Balaban J connectivity index is 2.17. The molecule has 0 bridgehead atoms. The molecule has 20 heavy (non-hydrogen) atoms. The van der Waals surface area contributed by atoms with Crippen LogP contribution in [0.5, 0.6) is 0 Å². The van der Waals surface area contributed by atoms with E-state index in [9.17, 15) is 4.79 Å². The number of amides is 1. The van der Waals surface area contributed by atoms with E-state index in [0.717, 1.165) is 31.6 Å². The number of piperidine rings is 1. The van der Waals surface area contributed by atoms with Gasteiger partial charge < -0.3 is 15.5 Å². The molecule has 2 unspecified atom stereocenters. The van der Waals surface area contributed by atoms with Crippen molar-refractivity contribution in [2.75, 3.05) is 32.1 Å². The Morgan fingerprint density at radius 1 is 1.55 bits per heavy atom. The van der Waals surface area contributed by atoms with Crippen LogP contribution in [0.3, 0.4) is 0 Å². The number of aromatic nitrogens is 1. The summed E-state index contributed by atoms with van der Waals surface area (Å²) in [5.74, 6) is 0.456. The number of nitrogens with two attached hydrogens (primary N) is 1. The molecule has 1 aliphatic rings. The molecule has 1 aromatic rings. The number of hydrogen-bond acceptors (Lipinski definition) is 4. The van der Waals surface area contributed by atoms with Gasteiger partial charge in [0.2, 0.25) is 0 Å². The fourth-order valence-corrected chi connectivity index (χ4v) is 2.68. The number of anilines is 1. The lowest BCUT2D eigenvalue weighted by molar-refractivity contribution is 0.0822. The van der Waals surface area contributed by atoms with E-state index in [-0.39, 0.29) is 5.91 Å². The van der Waals surface area contributed by atoms with E-state index in [1.54, 1.807) is 25.2 Å². The van der Waals surface area contributed by atoms with Crippen LogP contribution in [-0.2, 0) is 0 Å². The Kier molecular flexibility index (Phi) is 4.60. The molecule has 110 valence electrons. The van der Waals surface area contributed by atoms with E-state index in [1.807, 2.05) is 12.1 Å². The molecule has 0 aromatic carbocycles. The minimum Gasteiger partial charge on any atom is -0.371 e. The molecule has 0 radical (unpaired) electrons. The fraction of sp³-hybridized carbons (Fsp3) is 0.600. The van der Waals surface area contributed by atoms with Crippen LogP contribution >= 0.6 is 0 Å². The summed E-state index contributed by atoms with van der Waals surface area (Å²) >= 11 is 0. The van der Waals surface area contributed by atoms with Gasteiger partial charge in [-0.05, 0) is 24.5 Å². The third kappa shape index (κ3) is 3.10. The number of rotatable bonds is 3. The summed E-state index contributed by atoms with van der Waals surface area (Å²) < 4.78 is 0. The van der Waals surface area contributed by atoms with Gasteiger partial charge in [0.1, 0.15) is 5.69 Å². The first-order valence-electron chi connectivity index (χ1n) is 7.21. The van der Waals surface area contributed by atoms with E-state index in [0.29, 0.717) is 17.7 Å². The van der Waals surface area contributed by atoms with Crippen molar-refractivity contribution in [1.82, 2.24) is 9.88 Å². The topological polar surface area (TPSA) is 62.5 Å². The van der Waals surface area contributed by atoms with Crippen molar-refractivity contribution in [3.05, 3.63) is 24.0 Å². The largest absolute Gasteiger partial charge is 0.371 e. The summed E-state index contributed by atoms with van der Waals surface area (Å²) in [6, 6.07) is 4.14. The maximum atomic E-state index is 12.0. The van der Waals surface area contributed by atoms with E-state index in [2.05, 4.69) is 16.8 Å². The highest BCUT2D eigenvalue weighted by Crippen LogP contribution is 2.24. The number of nitrogens with zero attached hydrogens (tertiary/aromatic N) is 3. The van der Waals surface area contributed by atoms with Crippen molar-refractivity contribution < 1.29 is 4.79 Å². The number of carbonyl (C=O) groups is 1. The molecule has 0 spiro atoms. The lowest BCUT2D eigenvalue weighted by Gasteiger charge is -2.38. The van der Waals surface area contributed by atoms with Crippen molar-refractivity contribution >= 4 is 11.6 Å². The first kappa shape index (κ1) is 14.8. The highest BCUT2D eigenvalue weighted by Gasteiger charge is 2.25. The van der Waals surface area contributed by atoms with E-state index in [1.165, 1.54) is 0 Å². The van der Waals surface area contributed by atoms with Gasteiger partial charge in [0.25, 0.3) is 5.91 Å². The average Bonchev–Trinajstić information content (AvgIpc) is 2.47. The third-order valence-electron chi connectivity index (χ3n) is 4.05. The molecule has 2 rings (SSSR count). The first-order chi connectivity index (χ1) is 9.52. The lowest BCUT2D eigenvalue weighted by Crippen LogP contribution is -2.47. The maximum Gasteiger partial charge on any atom is 0.272 e. The van der Waals surface area contributed by atoms with Crippen LogP contribution in [-0.4, -0.2) is 49.0 Å². The van der Waals surface area contributed by atoms with Gasteiger partial charge in [0.15, 0.2) is 0 Å². The highest BCUT2D eigenvalue weighted by atomic mass is 16.2. The lowest BCUT2D eigenvalue weighted by atomic mass is 9.90.